The van der Waals surface area contributed by atoms with E-state index in [-0.39, 0.29) is 14.5 Å². The third-order valence-corrected chi connectivity index (χ3v) is 5.93. The van der Waals surface area contributed by atoms with Crippen LogP contribution < -0.4 is 9.00 Å². The molecule has 1 aliphatic rings. The maximum absolute atomic E-state index is 12.2. The van der Waals surface area contributed by atoms with Crippen LogP contribution in [0.1, 0.15) is 32.1 Å². The summed E-state index contributed by atoms with van der Waals surface area (Å²) in [5.41, 5.74) is 0. The number of hydrogen-bond acceptors (Lipinski definition) is 1. The van der Waals surface area contributed by atoms with Crippen LogP contribution in [0.25, 0.3) is 9.65 Å². The molecule has 0 atom stereocenters. The van der Waals surface area contributed by atoms with Gasteiger partial charge in [0.15, 0.2) is 0 Å². The fourth-order valence-electron chi connectivity index (χ4n) is 2.83. The molecule has 3 rings (SSSR count). The number of benzene rings is 1. The van der Waals surface area contributed by atoms with Gasteiger partial charge < -0.3 is 0 Å². The molecule has 0 radical (unpaired) electrons. The van der Waals surface area contributed by atoms with E-state index < -0.39 is 0 Å². The third-order valence-electron chi connectivity index (χ3n) is 3.83. The van der Waals surface area contributed by atoms with Crippen molar-refractivity contribution in [2.75, 3.05) is 0 Å². The Hall–Kier alpha value is -0.921. The summed E-state index contributed by atoms with van der Waals surface area (Å²) in [5, 5.41) is 1.24. The molecule has 0 amide bonds. The zero-order valence-electron chi connectivity index (χ0n) is 10.5. The number of aromatic nitrogens is 1. The summed E-state index contributed by atoms with van der Waals surface area (Å²) >= 11 is -0.0278. The topological polar surface area (TPSA) is 20.9 Å². The summed E-state index contributed by atoms with van der Waals surface area (Å²) in [6, 6.07) is 8.29. The number of fused-ring (bicyclic) bond motifs is 1. The summed E-state index contributed by atoms with van der Waals surface area (Å²) in [4.78, 5) is 12.2. The van der Waals surface area contributed by atoms with Crippen LogP contribution in [0.5, 0.6) is 0 Å². The molecule has 18 heavy (non-hydrogen) atoms. The van der Waals surface area contributed by atoms with Crippen LogP contribution in [-0.4, -0.2) is 14.5 Å². The van der Waals surface area contributed by atoms with Crippen LogP contribution >= 0.6 is 0 Å². The number of nitrogens with zero attached hydrogens (tertiary/aromatic N) is 1. The first-order valence-electron chi connectivity index (χ1n) is 6.75. The second-order valence-electron chi connectivity index (χ2n) is 5.19. The van der Waals surface area contributed by atoms with Gasteiger partial charge in [0.1, 0.15) is 0 Å². The first kappa shape index (κ1) is 12.1. The Balaban J connectivity index is 1.91. The molecule has 0 spiro atoms. The number of hydrogen-bond donors (Lipinski definition) is 0. The molecule has 2 nitrogen and oxygen atoms in total. The van der Waals surface area contributed by atoms with E-state index in [1.165, 1.54) is 41.8 Å². The van der Waals surface area contributed by atoms with E-state index in [0.717, 1.165) is 12.5 Å². The molecule has 1 fully saturated rings. The van der Waals surface area contributed by atoms with Gasteiger partial charge in [-0.1, -0.05) is 0 Å². The molecule has 3 heteroatoms. The molecule has 1 aromatic carbocycles. The molecular formula is C15H18NOSe+. The molecule has 1 aliphatic carbocycles. The van der Waals surface area contributed by atoms with E-state index in [4.69, 9.17) is 0 Å². The molecule has 94 valence electrons. The molecule has 1 saturated carbocycles. The van der Waals surface area contributed by atoms with Crippen LogP contribution in [0.4, 0.5) is 0 Å². The van der Waals surface area contributed by atoms with E-state index in [9.17, 15) is 4.79 Å². The van der Waals surface area contributed by atoms with Crippen molar-refractivity contribution in [3.8, 4) is 0 Å². The summed E-state index contributed by atoms with van der Waals surface area (Å²) < 4.78 is 3.54. The predicted molar refractivity (Wildman–Crippen MR) is 73.9 cm³/mol. The zero-order valence-corrected chi connectivity index (χ0v) is 12.2. The normalized spacial score (nSPS) is 17.1. The Kier molecular flexibility index (Phi) is 3.62. The minimum atomic E-state index is -0.0278. The Bertz CT molecular complexity index is 599. The molecule has 0 saturated heterocycles. The van der Waals surface area contributed by atoms with Gasteiger partial charge in [0.2, 0.25) is 0 Å². The molecule has 1 aromatic heterocycles. The van der Waals surface area contributed by atoms with Crippen molar-refractivity contribution in [2.24, 2.45) is 5.92 Å². The zero-order chi connectivity index (χ0) is 12.4. The standard InChI is InChI=1S/C15H18NOSe/c17-15-16(10-12-6-2-1-3-7-12)11-13-8-4-5-9-14(13)18-15/h4-5,8-9,11-12H,1-3,6-7,10H2/q+1. The predicted octanol–water partition coefficient (Wildman–Crippen LogP) is 2.12. The van der Waals surface area contributed by atoms with Crippen LogP contribution in [0, 0.1) is 5.92 Å². The van der Waals surface area contributed by atoms with E-state index in [1.807, 2.05) is 10.6 Å². The summed E-state index contributed by atoms with van der Waals surface area (Å²) in [5.74, 6) is 0.722. The van der Waals surface area contributed by atoms with Gasteiger partial charge in [-0.05, 0) is 0 Å². The van der Waals surface area contributed by atoms with Gasteiger partial charge in [0, 0.05) is 0 Å². The second-order valence-corrected chi connectivity index (χ2v) is 7.28. The van der Waals surface area contributed by atoms with Crippen LogP contribution in [0.2, 0.25) is 0 Å². The van der Waals surface area contributed by atoms with Crippen molar-refractivity contribution in [1.29, 1.82) is 0 Å². The Morgan fingerprint density at radius 1 is 1.17 bits per heavy atom. The molecule has 0 bridgehead atoms. The fraction of sp³-hybridized carbons (Fsp3) is 0.467. The Labute approximate surface area is 113 Å². The molecule has 0 aliphatic heterocycles. The molecular weight excluding hydrogens is 289 g/mol. The van der Waals surface area contributed by atoms with Crippen LogP contribution in [0.3, 0.4) is 0 Å². The van der Waals surface area contributed by atoms with Crippen molar-refractivity contribution in [3.05, 3.63) is 39.7 Å². The van der Waals surface area contributed by atoms with Gasteiger partial charge in [-0.15, -0.1) is 0 Å². The van der Waals surface area contributed by atoms with Gasteiger partial charge in [0.05, 0.1) is 0 Å². The van der Waals surface area contributed by atoms with Crippen LogP contribution in [0.15, 0.2) is 35.3 Å². The van der Waals surface area contributed by atoms with Crippen molar-refractivity contribution in [3.63, 3.8) is 0 Å². The average Bonchev–Trinajstić information content (AvgIpc) is 2.41. The summed E-state index contributed by atoms with van der Waals surface area (Å²) in [7, 11) is 0. The monoisotopic (exact) mass is 308 g/mol. The van der Waals surface area contributed by atoms with Gasteiger partial charge in [-0.25, -0.2) is 0 Å². The van der Waals surface area contributed by atoms with Gasteiger partial charge in [-0.2, -0.15) is 0 Å². The molecule has 0 N–H and O–H groups in total. The first-order chi connectivity index (χ1) is 8.83. The Morgan fingerprint density at radius 2 is 1.94 bits per heavy atom. The molecule has 1 heterocycles. The minimum absolute atomic E-state index is 0.0278. The molecule has 2 aromatic rings. The van der Waals surface area contributed by atoms with Gasteiger partial charge in [0.25, 0.3) is 0 Å². The molecule has 0 unspecified atom stereocenters. The van der Waals surface area contributed by atoms with Crippen LogP contribution in [-0.2, 0) is 6.54 Å². The third kappa shape index (κ3) is 2.57. The first-order valence-corrected chi connectivity index (χ1v) is 8.46. The SMILES string of the molecule is O=c1[se]c2ccccc2c[n+]1CC1CCCCC1. The van der Waals surface area contributed by atoms with Crippen molar-refractivity contribution in [1.82, 2.24) is 0 Å². The van der Waals surface area contributed by atoms with Crippen molar-refractivity contribution < 1.29 is 4.57 Å². The summed E-state index contributed by atoms with van der Waals surface area (Å²) in [6.07, 6.45) is 8.72. The quantitative estimate of drug-likeness (QED) is 0.615. The maximum atomic E-state index is 12.2. The van der Waals surface area contributed by atoms with E-state index in [0.29, 0.717) is 4.43 Å². The fourth-order valence-corrected chi connectivity index (χ4v) is 4.54. The summed E-state index contributed by atoms with van der Waals surface area (Å²) in [6.45, 7) is 0.939. The number of rotatable bonds is 2. The Morgan fingerprint density at radius 3 is 2.78 bits per heavy atom. The van der Waals surface area contributed by atoms with E-state index in [2.05, 4.69) is 24.4 Å². The average molecular weight is 307 g/mol. The van der Waals surface area contributed by atoms with E-state index in [1.54, 1.807) is 0 Å². The van der Waals surface area contributed by atoms with Gasteiger partial charge in [-0.3, -0.25) is 0 Å². The van der Waals surface area contributed by atoms with Crippen molar-refractivity contribution >= 4 is 24.1 Å². The second kappa shape index (κ2) is 5.38. The van der Waals surface area contributed by atoms with Crippen molar-refractivity contribution in [2.45, 2.75) is 38.6 Å². The van der Waals surface area contributed by atoms with Gasteiger partial charge >= 0.3 is 113 Å². The van der Waals surface area contributed by atoms with E-state index >= 15 is 0 Å².